The minimum atomic E-state index is -0.218. The molecule has 23 heavy (non-hydrogen) atoms. The second kappa shape index (κ2) is 7.89. The lowest BCUT2D eigenvalue weighted by Crippen LogP contribution is -2.07. The fraction of sp³-hybridized carbons (Fsp3) is 0.167. The average Bonchev–Trinajstić information content (AvgIpc) is 2.60. The Kier molecular flexibility index (Phi) is 5.63. The number of hydrogen-bond donors (Lipinski definition) is 1. The molecular weight excluding hydrogens is 294 g/mol. The van der Waals surface area contributed by atoms with E-state index in [4.69, 9.17) is 14.2 Å². The van der Waals surface area contributed by atoms with E-state index in [9.17, 15) is 4.79 Å². The normalized spacial score (nSPS) is 10.4. The second-order valence-corrected chi connectivity index (χ2v) is 4.67. The summed E-state index contributed by atoms with van der Waals surface area (Å²) in [5, 5.41) is 2.78. The van der Waals surface area contributed by atoms with Crippen molar-refractivity contribution in [2.45, 2.75) is 0 Å². The van der Waals surface area contributed by atoms with Gasteiger partial charge in [-0.05, 0) is 48.0 Å². The zero-order valence-corrected chi connectivity index (χ0v) is 13.3. The molecule has 2 rings (SSSR count). The fourth-order valence-electron chi connectivity index (χ4n) is 1.99. The number of carbonyl (C=O) groups is 1. The van der Waals surface area contributed by atoms with Crippen molar-refractivity contribution in [2.75, 3.05) is 26.6 Å². The van der Waals surface area contributed by atoms with Gasteiger partial charge in [-0.1, -0.05) is 6.07 Å². The fourth-order valence-corrected chi connectivity index (χ4v) is 1.99. The highest BCUT2D eigenvalue weighted by Gasteiger charge is 2.03. The van der Waals surface area contributed by atoms with Crippen molar-refractivity contribution in [2.24, 2.45) is 0 Å². The van der Waals surface area contributed by atoms with Gasteiger partial charge in [0, 0.05) is 11.8 Å². The summed E-state index contributed by atoms with van der Waals surface area (Å²) in [6.07, 6.45) is 3.17. The van der Waals surface area contributed by atoms with Crippen LogP contribution in [0, 0.1) is 0 Å². The van der Waals surface area contributed by atoms with E-state index in [-0.39, 0.29) is 5.91 Å². The summed E-state index contributed by atoms with van der Waals surface area (Å²) >= 11 is 0. The quantitative estimate of drug-likeness (QED) is 0.831. The molecule has 0 aliphatic rings. The Morgan fingerprint density at radius 1 is 0.913 bits per heavy atom. The van der Waals surface area contributed by atoms with Crippen molar-refractivity contribution in [3.05, 3.63) is 54.1 Å². The van der Waals surface area contributed by atoms with Crippen LogP contribution in [0.2, 0.25) is 0 Å². The van der Waals surface area contributed by atoms with Gasteiger partial charge in [0.15, 0.2) is 11.5 Å². The third-order valence-corrected chi connectivity index (χ3v) is 3.19. The number of benzene rings is 2. The molecule has 0 saturated heterocycles. The Balaban J connectivity index is 2.02. The number of rotatable bonds is 6. The van der Waals surface area contributed by atoms with Gasteiger partial charge in [0.25, 0.3) is 0 Å². The first kappa shape index (κ1) is 16.4. The summed E-state index contributed by atoms with van der Waals surface area (Å²) in [5.74, 6) is 1.78. The van der Waals surface area contributed by atoms with Crippen LogP contribution in [0.1, 0.15) is 5.56 Å². The van der Waals surface area contributed by atoms with E-state index in [1.807, 2.05) is 6.07 Å². The lowest BCUT2D eigenvalue weighted by molar-refractivity contribution is -0.111. The predicted molar refractivity (Wildman–Crippen MR) is 90.2 cm³/mol. The van der Waals surface area contributed by atoms with E-state index in [1.165, 1.54) is 6.08 Å². The molecule has 0 aliphatic carbocycles. The van der Waals surface area contributed by atoms with Gasteiger partial charge in [-0.3, -0.25) is 4.79 Å². The summed E-state index contributed by atoms with van der Waals surface area (Å²) < 4.78 is 15.5. The predicted octanol–water partition coefficient (Wildman–Crippen LogP) is 3.36. The topological polar surface area (TPSA) is 56.8 Å². The highest BCUT2D eigenvalue weighted by molar-refractivity contribution is 6.01. The lowest BCUT2D eigenvalue weighted by Gasteiger charge is -2.07. The van der Waals surface area contributed by atoms with Gasteiger partial charge in [-0.2, -0.15) is 0 Å². The molecule has 0 aromatic heterocycles. The molecule has 0 saturated carbocycles. The smallest absolute Gasteiger partial charge is 0.248 e. The summed E-state index contributed by atoms with van der Waals surface area (Å²) in [7, 11) is 4.75. The van der Waals surface area contributed by atoms with Crippen molar-refractivity contribution >= 4 is 17.7 Å². The molecular formula is C18H19NO4. The Morgan fingerprint density at radius 3 is 2.22 bits per heavy atom. The van der Waals surface area contributed by atoms with Crippen molar-refractivity contribution in [3.63, 3.8) is 0 Å². The van der Waals surface area contributed by atoms with Gasteiger partial charge >= 0.3 is 0 Å². The van der Waals surface area contributed by atoms with Crippen molar-refractivity contribution in [1.82, 2.24) is 0 Å². The number of nitrogens with one attached hydrogen (secondary N) is 1. The molecule has 0 unspecified atom stereocenters. The van der Waals surface area contributed by atoms with Gasteiger partial charge in [0.05, 0.1) is 21.3 Å². The minimum absolute atomic E-state index is 0.218. The van der Waals surface area contributed by atoms with E-state index in [0.717, 1.165) is 11.3 Å². The molecule has 0 bridgehead atoms. The molecule has 0 aliphatic heterocycles. The third kappa shape index (κ3) is 4.51. The highest BCUT2D eigenvalue weighted by Crippen LogP contribution is 2.28. The number of anilines is 1. The van der Waals surface area contributed by atoms with E-state index >= 15 is 0 Å². The zero-order chi connectivity index (χ0) is 16.7. The van der Waals surface area contributed by atoms with E-state index in [1.54, 1.807) is 63.8 Å². The molecule has 2 aromatic carbocycles. The van der Waals surface area contributed by atoms with Crippen molar-refractivity contribution in [3.8, 4) is 17.2 Å². The molecule has 5 nitrogen and oxygen atoms in total. The van der Waals surface area contributed by atoms with Gasteiger partial charge in [-0.15, -0.1) is 0 Å². The lowest BCUT2D eigenvalue weighted by atomic mass is 10.2. The molecule has 1 N–H and O–H groups in total. The monoisotopic (exact) mass is 313 g/mol. The van der Waals surface area contributed by atoms with Crippen LogP contribution in [0.15, 0.2) is 48.5 Å². The molecule has 0 fully saturated rings. The molecule has 0 heterocycles. The average molecular weight is 313 g/mol. The Hall–Kier alpha value is -2.95. The minimum Gasteiger partial charge on any atom is -0.497 e. The van der Waals surface area contributed by atoms with Crippen LogP contribution >= 0.6 is 0 Å². The van der Waals surface area contributed by atoms with Gasteiger partial charge in [0.2, 0.25) is 5.91 Å². The molecule has 5 heteroatoms. The molecule has 120 valence electrons. The molecule has 0 radical (unpaired) electrons. The maximum atomic E-state index is 11.9. The first-order valence-corrected chi connectivity index (χ1v) is 7.01. The summed E-state index contributed by atoms with van der Waals surface area (Å²) in [6.45, 7) is 0. The SMILES string of the molecule is COc1ccc(NC(=O)/C=C/c2ccc(OC)c(OC)c2)cc1. The van der Waals surface area contributed by atoms with Crippen LogP contribution < -0.4 is 19.5 Å². The Morgan fingerprint density at radius 2 is 1.61 bits per heavy atom. The molecule has 2 aromatic rings. The highest BCUT2D eigenvalue weighted by atomic mass is 16.5. The first-order chi connectivity index (χ1) is 11.2. The third-order valence-electron chi connectivity index (χ3n) is 3.19. The van der Waals surface area contributed by atoms with Crippen LogP contribution in [-0.2, 0) is 4.79 Å². The van der Waals surface area contributed by atoms with Crippen LogP contribution in [-0.4, -0.2) is 27.2 Å². The Labute approximate surface area is 135 Å². The maximum absolute atomic E-state index is 11.9. The van der Waals surface area contributed by atoms with Crippen LogP contribution in [0.4, 0.5) is 5.69 Å². The number of amides is 1. The van der Waals surface area contributed by atoms with Crippen molar-refractivity contribution < 1.29 is 19.0 Å². The first-order valence-electron chi connectivity index (χ1n) is 7.01. The number of carbonyl (C=O) groups excluding carboxylic acids is 1. The summed E-state index contributed by atoms with van der Waals surface area (Å²) in [4.78, 5) is 11.9. The molecule has 1 amide bonds. The number of methoxy groups -OCH3 is 3. The van der Waals surface area contributed by atoms with E-state index in [2.05, 4.69) is 5.32 Å². The van der Waals surface area contributed by atoms with Crippen LogP contribution in [0.25, 0.3) is 6.08 Å². The maximum Gasteiger partial charge on any atom is 0.248 e. The zero-order valence-electron chi connectivity index (χ0n) is 13.3. The summed E-state index contributed by atoms with van der Waals surface area (Å²) in [5.41, 5.74) is 1.54. The standard InChI is InChI=1S/C18H19NO4/c1-21-15-8-6-14(7-9-15)19-18(20)11-5-13-4-10-16(22-2)17(12-13)23-3/h4-12H,1-3H3,(H,19,20)/b11-5+. The van der Waals surface area contributed by atoms with Gasteiger partial charge in [0.1, 0.15) is 5.75 Å². The van der Waals surface area contributed by atoms with Crippen LogP contribution in [0.5, 0.6) is 17.2 Å². The molecule has 0 atom stereocenters. The van der Waals surface area contributed by atoms with E-state index < -0.39 is 0 Å². The number of hydrogen-bond acceptors (Lipinski definition) is 4. The number of ether oxygens (including phenoxy) is 3. The largest absolute Gasteiger partial charge is 0.497 e. The Bertz CT molecular complexity index is 693. The van der Waals surface area contributed by atoms with Gasteiger partial charge in [-0.25, -0.2) is 0 Å². The van der Waals surface area contributed by atoms with Crippen molar-refractivity contribution in [1.29, 1.82) is 0 Å². The second-order valence-electron chi connectivity index (χ2n) is 4.67. The van der Waals surface area contributed by atoms with Gasteiger partial charge < -0.3 is 19.5 Å². The summed E-state index contributed by atoms with van der Waals surface area (Å²) in [6, 6.07) is 12.6. The molecule has 0 spiro atoms. The van der Waals surface area contributed by atoms with E-state index in [0.29, 0.717) is 17.2 Å². The van der Waals surface area contributed by atoms with Crippen LogP contribution in [0.3, 0.4) is 0 Å².